The second-order valence-electron chi connectivity index (χ2n) is 10.9. The molecule has 2 aliphatic carbocycles. The summed E-state index contributed by atoms with van der Waals surface area (Å²) in [6.45, 7) is 10.4. The molecule has 3 N–H and O–H groups in total. The highest BCUT2D eigenvalue weighted by molar-refractivity contribution is 5.96. The number of aliphatic hydroxyl groups excluding tert-OH is 1. The molecule has 3 rings (SSSR count). The van der Waals surface area contributed by atoms with Gasteiger partial charge in [0.05, 0.1) is 18.3 Å². The Morgan fingerprint density at radius 2 is 1.97 bits per heavy atom. The van der Waals surface area contributed by atoms with Crippen molar-refractivity contribution in [1.29, 1.82) is 0 Å². The lowest BCUT2D eigenvalue weighted by molar-refractivity contribution is -0.121. The molecule has 0 saturated heterocycles. The van der Waals surface area contributed by atoms with Gasteiger partial charge in [-0.3, -0.25) is 9.59 Å². The van der Waals surface area contributed by atoms with E-state index >= 15 is 0 Å². The first-order valence-corrected chi connectivity index (χ1v) is 12.8. The molecule has 2 bridgehead atoms. The molecule has 190 valence electrons. The van der Waals surface area contributed by atoms with Crippen LogP contribution in [-0.2, 0) is 4.79 Å². The summed E-state index contributed by atoms with van der Waals surface area (Å²) in [6, 6.07) is 0.129. The molecule has 2 atom stereocenters. The third-order valence-corrected chi connectivity index (χ3v) is 6.96. The zero-order valence-corrected chi connectivity index (χ0v) is 21.3. The van der Waals surface area contributed by atoms with Gasteiger partial charge in [-0.25, -0.2) is 4.68 Å². The summed E-state index contributed by atoms with van der Waals surface area (Å²) in [4.78, 5) is 25.2. The van der Waals surface area contributed by atoms with Crippen molar-refractivity contribution in [2.24, 2.45) is 23.7 Å². The molecule has 0 radical (unpaired) electrons. The largest absolute Gasteiger partial charge is 0.477 e. The minimum atomic E-state index is -0.570. The summed E-state index contributed by atoms with van der Waals surface area (Å²) in [5.41, 5.74) is -0.150. The number of aromatic nitrogens is 2. The Hall–Kier alpha value is -2.35. The molecular weight excluding hydrogens is 432 g/mol. The number of rotatable bonds is 10. The quantitative estimate of drug-likeness (QED) is 0.480. The number of aliphatic hydroxyl groups is 1. The van der Waals surface area contributed by atoms with Gasteiger partial charge in [-0.15, -0.1) is 0 Å². The molecular formula is C26H42N4O4. The number of amides is 2. The van der Waals surface area contributed by atoms with Crippen LogP contribution in [-0.4, -0.2) is 51.5 Å². The van der Waals surface area contributed by atoms with E-state index in [1.165, 1.54) is 6.42 Å². The lowest BCUT2D eigenvalue weighted by Gasteiger charge is -2.45. The monoisotopic (exact) mass is 474 g/mol. The van der Waals surface area contributed by atoms with Crippen LogP contribution in [0.25, 0.3) is 6.20 Å². The zero-order chi connectivity index (χ0) is 24.9. The first-order valence-electron chi connectivity index (χ1n) is 12.8. The van der Waals surface area contributed by atoms with E-state index in [1.54, 1.807) is 17.1 Å². The predicted octanol–water partition coefficient (Wildman–Crippen LogP) is 3.61. The van der Waals surface area contributed by atoms with Gasteiger partial charge in [-0.2, -0.15) is 5.10 Å². The van der Waals surface area contributed by atoms with E-state index in [0.29, 0.717) is 42.2 Å². The molecule has 1 heterocycles. The van der Waals surface area contributed by atoms with Crippen LogP contribution in [0.3, 0.4) is 0 Å². The van der Waals surface area contributed by atoms with E-state index < -0.39 is 5.54 Å². The third-order valence-electron chi connectivity index (χ3n) is 6.96. The number of carbonyl (C=O) groups excluding carboxylic acids is 2. The van der Waals surface area contributed by atoms with E-state index in [9.17, 15) is 14.7 Å². The van der Waals surface area contributed by atoms with Crippen molar-refractivity contribution in [3.05, 3.63) is 17.8 Å². The molecule has 2 unspecified atom stereocenters. The van der Waals surface area contributed by atoms with E-state index in [1.807, 2.05) is 26.8 Å². The van der Waals surface area contributed by atoms with Crippen molar-refractivity contribution in [3.63, 3.8) is 0 Å². The Balaban J connectivity index is 1.79. The minimum Gasteiger partial charge on any atom is -0.477 e. The number of hydrogen-bond acceptors (Lipinski definition) is 5. The van der Waals surface area contributed by atoms with Crippen LogP contribution in [0.2, 0.25) is 0 Å². The molecule has 0 aliphatic heterocycles. The van der Waals surface area contributed by atoms with Crippen molar-refractivity contribution in [2.45, 2.75) is 84.7 Å². The highest BCUT2D eigenvalue weighted by atomic mass is 16.5. The summed E-state index contributed by atoms with van der Waals surface area (Å²) in [7, 11) is 0. The van der Waals surface area contributed by atoms with Gasteiger partial charge < -0.3 is 20.5 Å². The number of nitrogens with one attached hydrogen (secondary N) is 2. The fourth-order valence-corrected chi connectivity index (χ4v) is 5.23. The SMILES string of the molecule is CCC(=O)NC(C)(C)/C=C/n1ncc(C(=O)NC2C3CCCC2CC(CO)C3)c1OCC(C)C. The van der Waals surface area contributed by atoms with Crippen LogP contribution in [0.5, 0.6) is 5.88 Å². The van der Waals surface area contributed by atoms with Gasteiger partial charge in [0.15, 0.2) is 0 Å². The van der Waals surface area contributed by atoms with Gasteiger partial charge in [0, 0.05) is 25.3 Å². The molecule has 1 aromatic rings. The maximum absolute atomic E-state index is 13.4. The number of fused-ring (bicyclic) bond motifs is 2. The summed E-state index contributed by atoms with van der Waals surface area (Å²) in [5.74, 6) is 1.66. The molecule has 0 spiro atoms. The molecule has 2 aliphatic rings. The van der Waals surface area contributed by atoms with Crippen LogP contribution in [0.4, 0.5) is 0 Å². The standard InChI is InChI=1S/C26H42N4O4/c1-6-22(32)29-26(4,5)10-11-30-25(34-16-17(2)3)21(14-27-30)24(33)28-23-19-8-7-9-20(23)13-18(12-19)15-31/h10-11,14,17-20,23,31H,6-9,12-13,15-16H2,1-5H3,(H,28,33)(H,29,32)/b11-10+. The Kier molecular flexibility index (Phi) is 8.79. The normalized spacial score (nSPS) is 24.9. The van der Waals surface area contributed by atoms with Crippen molar-refractivity contribution in [2.75, 3.05) is 13.2 Å². The minimum absolute atomic E-state index is 0.0343. The third kappa shape index (κ3) is 6.62. The first-order chi connectivity index (χ1) is 16.1. The van der Waals surface area contributed by atoms with Crippen LogP contribution in [0.1, 0.15) is 83.5 Å². The lowest BCUT2D eigenvalue weighted by atomic mass is 9.65. The van der Waals surface area contributed by atoms with Gasteiger partial charge in [0.2, 0.25) is 11.8 Å². The molecule has 1 aromatic heterocycles. The summed E-state index contributed by atoms with van der Waals surface area (Å²) in [5, 5.41) is 20.3. The van der Waals surface area contributed by atoms with Crippen molar-refractivity contribution < 1.29 is 19.4 Å². The van der Waals surface area contributed by atoms with Crippen molar-refractivity contribution >= 4 is 18.0 Å². The van der Waals surface area contributed by atoms with Gasteiger partial charge in [-0.05, 0) is 69.3 Å². The van der Waals surface area contributed by atoms with E-state index in [-0.39, 0.29) is 30.4 Å². The molecule has 34 heavy (non-hydrogen) atoms. The maximum Gasteiger partial charge on any atom is 0.258 e. The molecule has 8 nitrogen and oxygen atoms in total. The maximum atomic E-state index is 13.4. The van der Waals surface area contributed by atoms with Crippen molar-refractivity contribution in [3.8, 4) is 5.88 Å². The van der Waals surface area contributed by atoms with Crippen LogP contribution >= 0.6 is 0 Å². The summed E-state index contributed by atoms with van der Waals surface area (Å²) in [6.07, 6.45) is 10.9. The van der Waals surface area contributed by atoms with Crippen molar-refractivity contribution in [1.82, 2.24) is 20.4 Å². The first kappa shape index (κ1) is 26.3. The average molecular weight is 475 g/mol. The fraction of sp³-hybridized carbons (Fsp3) is 0.731. The highest BCUT2D eigenvalue weighted by Crippen LogP contribution is 2.43. The number of carbonyl (C=O) groups is 2. The highest BCUT2D eigenvalue weighted by Gasteiger charge is 2.41. The molecule has 2 fully saturated rings. The molecule has 2 saturated carbocycles. The fourth-order valence-electron chi connectivity index (χ4n) is 5.23. The van der Waals surface area contributed by atoms with E-state index in [4.69, 9.17) is 4.74 Å². The average Bonchev–Trinajstić information content (AvgIpc) is 3.18. The Morgan fingerprint density at radius 3 is 2.56 bits per heavy atom. The summed E-state index contributed by atoms with van der Waals surface area (Å²) < 4.78 is 7.61. The van der Waals surface area contributed by atoms with Gasteiger partial charge in [0.1, 0.15) is 5.56 Å². The smallest absolute Gasteiger partial charge is 0.258 e. The molecule has 0 aromatic carbocycles. The Morgan fingerprint density at radius 1 is 1.29 bits per heavy atom. The Labute approximate surface area is 203 Å². The second kappa shape index (κ2) is 11.4. The number of nitrogens with zero attached hydrogens (tertiary/aromatic N) is 2. The van der Waals surface area contributed by atoms with Gasteiger partial charge in [0.25, 0.3) is 5.91 Å². The van der Waals surface area contributed by atoms with Gasteiger partial charge in [-0.1, -0.05) is 27.2 Å². The summed E-state index contributed by atoms with van der Waals surface area (Å²) >= 11 is 0. The second-order valence-corrected chi connectivity index (χ2v) is 10.9. The lowest BCUT2D eigenvalue weighted by Crippen LogP contribution is -2.51. The van der Waals surface area contributed by atoms with Crippen LogP contribution < -0.4 is 15.4 Å². The van der Waals surface area contributed by atoms with Crippen LogP contribution in [0, 0.1) is 23.7 Å². The van der Waals surface area contributed by atoms with Crippen LogP contribution in [0.15, 0.2) is 12.3 Å². The zero-order valence-electron chi connectivity index (χ0n) is 21.3. The van der Waals surface area contributed by atoms with E-state index in [0.717, 1.165) is 25.7 Å². The van der Waals surface area contributed by atoms with Gasteiger partial charge >= 0.3 is 0 Å². The topological polar surface area (TPSA) is 105 Å². The molecule has 8 heteroatoms. The Bertz CT molecular complexity index is 862. The predicted molar refractivity (Wildman–Crippen MR) is 132 cm³/mol. The number of ether oxygens (including phenoxy) is 1. The van der Waals surface area contributed by atoms with E-state index in [2.05, 4.69) is 29.6 Å². The number of hydrogen-bond donors (Lipinski definition) is 3. The molecule has 2 amide bonds.